The number of hydrogen-bond acceptors (Lipinski definition) is 5. The summed E-state index contributed by atoms with van der Waals surface area (Å²) in [6.07, 6.45) is 3.62. The maximum atomic E-state index is 12.1. The van der Waals surface area contributed by atoms with E-state index in [1.54, 1.807) is 6.33 Å². The summed E-state index contributed by atoms with van der Waals surface area (Å²) in [6.45, 7) is 11.8. The van der Waals surface area contributed by atoms with Crippen LogP contribution in [-0.2, 0) is 22.5 Å². The SMILES string of the molecule is CCc1nncn1CCNC(=NCC(=O)NC(C)(C)C)NCC1CCOC1.I. The highest BCUT2D eigenvalue weighted by Gasteiger charge is 2.16. The van der Waals surface area contributed by atoms with Crippen LogP contribution in [0.5, 0.6) is 0 Å². The van der Waals surface area contributed by atoms with E-state index in [0.29, 0.717) is 18.4 Å². The minimum atomic E-state index is -0.264. The largest absolute Gasteiger partial charge is 0.381 e. The molecule has 9 nitrogen and oxygen atoms in total. The molecule has 2 rings (SSSR count). The molecule has 1 saturated heterocycles. The van der Waals surface area contributed by atoms with Gasteiger partial charge >= 0.3 is 0 Å². The average Bonchev–Trinajstić information content (AvgIpc) is 3.26. The lowest BCUT2D eigenvalue weighted by Gasteiger charge is -2.20. The van der Waals surface area contributed by atoms with E-state index >= 15 is 0 Å². The van der Waals surface area contributed by atoms with Gasteiger partial charge < -0.3 is 25.3 Å². The number of amides is 1. The third kappa shape index (κ3) is 9.18. The number of aliphatic imine (C=N–C) groups is 1. The van der Waals surface area contributed by atoms with Crippen molar-refractivity contribution in [2.24, 2.45) is 10.9 Å². The highest BCUT2D eigenvalue weighted by atomic mass is 127. The fourth-order valence-electron chi connectivity index (χ4n) is 2.80. The molecule has 2 heterocycles. The molecule has 1 fully saturated rings. The van der Waals surface area contributed by atoms with Crippen molar-refractivity contribution in [3.8, 4) is 0 Å². The number of nitrogens with one attached hydrogen (secondary N) is 3. The van der Waals surface area contributed by atoms with Crippen LogP contribution in [0.1, 0.15) is 39.9 Å². The highest BCUT2D eigenvalue weighted by molar-refractivity contribution is 14.0. The molecule has 0 radical (unpaired) electrons. The van der Waals surface area contributed by atoms with Crippen molar-refractivity contribution in [2.75, 3.05) is 32.8 Å². The van der Waals surface area contributed by atoms with Gasteiger partial charge in [-0.2, -0.15) is 0 Å². The second-order valence-electron chi connectivity index (χ2n) is 7.79. The summed E-state index contributed by atoms with van der Waals surface area (Å²) in [7, 11) is 0. The molecule has 160 valence electrons. The first-order chi connectivity index (χ1) is 12.9. The van der Waals surface area contributed by atoms with Gasteiger partial charge in [0.05, 0.1) is 6.61 Å². The van der Waals surface area contributed by atoms with Crippen LogP contribution in [0.15, 0.2) is 11.3 Å². The van der Waals surface area contributed by atoms with Crippen molar-refractivity contribution in [3.63, 3.8) is 0 Å². The van der Waals surface area contributed by atoms with Gasteiger partial charge in [0.1, 0.15) is 18.7 Å². The number of nitrogens with zero attached hydrogens (tertiary/aromatic N) is 4. The van der Waals surface area contributed by atoms with Crippen molar-refractivity contribution in [2.45, 2.75) is 52.6 Å². The molecule has 1 atom stereocenters. The number of hydrogen-bond donors (Lipinski definition) is 3. The van der Waals surface area contributed by atoms with Gasteiger partial charge in [-0.15, -0.1) is 34.2 Å². The van der Waals surface area contributed by atoms with Crippen LogP contribution in [0.2, 0.25) is 0 Å². The summed E-state index contributed by atoms with van der Waals surface area (Å²) in [6, 6.07) is 0. The number of rotatable bonds is 8. The van der Waals surface area contributed by atoms with Gasteiger partial charge in [0.2, 0.25) is 5.91 Å². The Morgan fingerprint density at radius 1 is 1.39 bits per heavy atom. The predicted octanol–water partition coefficient (Wildman–Crippen LogP) is 0.945. The number of guanidine groups is 1. The Bertz CT molecular complexity index is 622. The monoisotopic (exact) mass is 507 g/mol. The van der Waals surface area contributed by atoms with Crippen molar-refractivity contribution < 1.29 is 9.53 Å². The van der Waals surface area contributed by atoms with Gasteiger partial charge in [0, 0.05) is 44.1 Å². The molecule has 0 aromatic carbocycles. The van der Waals surface area contributed by atoms with Crippen LogP contribution < -0.4 is 16.0 Å². The van der Waals surface area contributed by atoms with Gasteiger partial charge in [-0.25, -0.2) is 4.99 Å². The van der Waals surface area contributed by atoms with Crippen molar-refractivity contribution in [3.05, 3.63) is 12.2 Å². The Balaban J connectivity index is 0.00000392. The highest BCUT2D eigenvalue weighted by Crippen LogP contribution is 2.10. The molecule has 1 aromatic rings. The minimum Gasteiger partial charge on any atom is -0.381 e. The van der Waals surface area contributed by atoms with Gasteiger partial charge in [0.25, 0.3) is 0 Å². The number of aryl methyl sites for hydroxylation is 1. The first-order valence-corrected chi connectivity index (χ1v) is 9.65. The minimum absolute atomic E-state index is 0. The van der Waals surface area contributed by atoms with E-state index in [9.17, 15) is 4.79 Å². The quantitative estimate of drug-likeness (QED) is 0.275. The molecule has 1 aromatic heterocycles. The zero-order valence-corrected chi connectivity index (χ0v) is 19.7. The molecule has 0 spiro atoms. The molecule has 1 unspecified atom stereocenters. The summed E-state index contributed by atoms with van der Waals surface area (Å²) in [5.74, 6) is 1.97. The van der Waals surface area contributed by atoms with E-state index < -0.39 is 0 Å². The molecule has 10 heteroatoms. The molecule has 3 N–H and O–H groups in total. The van der Waals surface area contributed by atoms with Crippen LogP contribution in [0.4, 0.5) is 0 Å². The molecule has 28 heavy (non-hydrogen) atoms. The molecule has 0 saturated carbocycles. The van der Waals surface area contributed by atoms with Crippen molar-refractivity contribution in [1.82, 2.24) is 30.7 Å². The standard InChI is InChI=1S/C18H33N7O2.HI/c1-5-15-24-22-13-25(15)8-7-19-17(20-10-14-6-9-27-12-14)21-11-16(26)23-18(2,3)4;/h13-14H,5-12H2,1-4H3,(H,23,26)(H2,19,20,21);1H. The third-order valence-electron chi connectivity index (χ3n) is 4.13. The van der Waals surface area contributed by atoms with E-state index in [2.05, 4.69) is 38.1 Å². The Morgan fingerprint density at radius 2 is 2.18 bits per heavy atom. The van der Waals surface area contributed by atoms with Gasteiger partial charge in [-0.3, -0.25) is 4.79 Å². The number of ether oxygens (including phenoxy) is 1. The summed E-state index contributed by atoms with van der Waals surface area (Å²) in [4.78, 5) is 16.5. The molecular weight excluding hydrogens is 473 g/mol. The number of aromatic nitrogens is 3. The van der Waals surface area contributed by atoms with E-state index in [0.717, 1.165) is 45.0 Å². The number of carbonyl (C=O) groups excluding carboxylic acids is 1. The second kappa shape index (κ2) is 12.2. The summed E-state index contributed by atoms with van der Waals surface area (Å²) < 4.78 is 7.43. The van der Waals surface area contributed by atoms with Crippen LogP contribution in [0.3, 0.4) is 0 Å². The smallest absolute Gasteiger partial charge is 0.242 e. The van der Waals surface area contributed by atoms with Crippen LogP contribution in [0, 0.1) is 5.92 Å². The maximum Gasteiger partial charge on any atom is 0.242 e. The topological polar surface area (TPSA) is 105 Å². The predicted molar refractivity (Wildman–Crippen MR) is 120 cm³/mol. The van der Waals surface area contributed by atoms with E-state index in [-0.39, 0.29) is 42.0 Å². The Kier molecular flexibility index (Phi) is 10.7. The number of carbonyl (C=O) groups is 1. The first kappa shape index (κ1) is 24.6. The molecule has 1 aliphatic heterocycles. The fourth-order valence-corrected chi connectivity index (χ4v) is 2.80. The third-order valence-corrected chi connectivity index (χ3v) is 4.13. The van der Waals surface area contributed by atoms with Gasteiger partial charge in [-0.05, 0) is 27.2 Å². The lowest BCUT2D eigenvalue weighted by atomic mass is 10.1. The van der Waals surface area contributed by atoms with Crippen LogP contribution in [0.25, 0.3) is 0 Å². The van der Waals surface area contributed by atoms with E-state index in [4.69, 9.17) is 4.74 Å². The fraction of sp³-hybridized carbons (Fsp3) is 0.778. The maximum absolute atomic E-state index is 12.1. The normalized spacial score (nSPS) is 17.1. The first-order valence-electron chi connectivity index (χ1n) is 9.65. The zero-order chi connectivity index (χ0) is 19.7. The zero-order valence-electron chi connectivity index (χ0n) is 17.3. The number of halogens is 1. The van der Waals surface area contributed by atoms with E-state index in [1.807, 2.05) is 25.3 Å². The molecular formula is C18H34IN7O2. The molecule has 1 amide bonds. The second-order valence-corrected chi connectivity index (χ2v) is 7.79. The molecule has 1 aliphatic rings. The summed E-state index contributed by atoms with van der Waals surface area (Å²) in [5, 5.41) is 17.6. The van der Waals surface area contributed by atoms with E-state index in [1.165, 1.54) is 0 Å². The Morgan fingerprint density at radius 3 is 2.82 bits per heavy atom. The van der Waals surface area contributed by atoms with Crippen molar-refractivity contribution >= 4 is 35.8 Å². The lowest BCUT2D eigenvalue weighted by molar-refractivity contribution is -0.121. The molecule has 0 bridgehead atoms. The summed E-state index contributed by atoms with van der Waals surface area (Å²) in [5.41, 5.74) is -0.264. The van der Waals surface area contributed by atoms with Crippen molar-refractivity contribution in [1.29, 1.82) is 0 Å². The van der Waals surface area contributed by atoms with Crippen LogP contribution >= 0.6 is 24.0 Å². The lowest BCUT2D eigenvalue weighted by Crippen LogP contribution is -2.44. The van der Waals surface area contributed by atoms with Gasteiger partial charge in [0.15, 0.2) is 5.96 Å². The van der Waals surface area contributed by atoms with Gasteiger partial charge in [-0.1, -0.05) is 6.92 Å². The Hall–Kier alpha value is -1.43. The van der Waals surface area contributed by atoms with Crippen LogP contribution in [-0.4, -0.2) is 65.0 Å². The molecule has 0 aliphatic carbocycles. The summed E-state index contributed by atoms with van der Waals surface area (Å²) >= 11 is 0. The Labute approximate surface area is 184 Å². The average molecular weight is 507 g/mol.